The molecule has 5 aliphatic rings. The first-order valence-electron chi connectivity index (χ1n) is 11.8. The standard InChI is InChI=1S/C25H31BrN2O3/c1-3-15(2)27(24(31)25-12-16-8-17(13-25)10-18(9-16)14-25)21-11-22(29)28(23(21)30)20-6-4-19(26)5-7-20/h4-7,15-18,21H,3,8-14H2,1-2H3. The minimum absolute atomic E-state index is 0.0628. The lowest BCUT2D eigenvalue weighted by Gasteiger charge is -2.57. The van der Waals surface area contributed by atoms with Gasteiger partial charge in [-0.1, -0.05) is 22.9 Å². The summed E-state index contributed by atoms with van der Waals surface area (Å²) in [6.45, 7) is 4.08. The van der Waals surface area contributed by atoms with Crippen molar-refractivity contribution in [2.45, 2.75) is 77.3 Å². The predicted octanol–water partition coefficient (Wildman–Crippen LogP) is 4.92. The summed E-state index contributed by atoms with van der Waals surface area (Å²) in [6, 6.07) is 6.46. The summed E-state index contributed by atoms with van der Waals surface area (Å²) in [6.07, 6.45) is 7.57. The van der Waals surface area contributed by atoms with E-state index >= 15 is 0 Å². The van der Waals surface area contributed by atoms with Crippen LogP contribution in [-0.2, 0) is 14.4 Å². The molecule has 4 bridgehead atoms. The second kappa shape index (κ2) is 7.72. The van der Waals surface area contributed by atoms with E-state index in [0.29, 0.717) is 23.4 Å². The Hall–Kier alpha value is -1.69. The van der Waals surface area contributed by atoms with E-state index < -0.39 is 6.04 Å². The topological polar surface area (TPSA) is 57.7 Å². The lowest BCUT2D eigenvalue weighted by atomic mass is 9.49. The van der Waals surface area contributed by atoms with Gasteiger partial charge >= 0.3 is 0 Å². The first-order valence-corrected chi connectivity index (χ1v) is 12.6. The highest BCUT2D eigenvalue weighted by molar-refractivity contribution is 9.10. The zero-order valence-electron chi connectivity index (χ0n) is 18.4. The maximum absolute atomic E-state index is 14.2. The van der Waals surface area contributed by atoms with Crippen LogP contribution in [0.4, 0.5) is 5.69 Å². The Kier molecular flexibility index (Phi) is 5.27. The molecule has 31 heavy (non-hydrogen) atoms. The van der Waals surface area contributed by atoms with E-state index in [0.717, 1.165) is 30.2 Å². The Bertz CT molecular complexity index is 877. The van der Waals surface area contributed by atoms with E-state index in [1.165, 1.54) is 24.2 Å². The summed E-state index contributed by atoms with van der Waals surface area (Å²) in [4.78, 5) is 43.7. The van der Waals surface area contributed by atoms with Crippen LogP contribution < -0.4 is 4.90 Å². The highest BCUT2D eigenvalue weighted by Crippen LogP contribution is 2.61. The number of imide groups is 1. The maximum Gasteiger partial charge on any atom is 0.257 e. The first kappa shape index (κ1) is 21.2. The van der Waals surface area contributed by atoms with E-state index in [-0.39, 0.29) is 35.6 Å². The molecular formula is C25H31BrN2O3. The van der Waals surface area contributed by atoms with Crippen LogP contribution >= 0.6 is 15.9 Å². The fraction of sp³-hybridized carbons (Fsp3) is 0.640. The summed E-state index contributed by atoms with van der Waals surface area (Å²) in [7, 11) is 0. The quantitative estimate of drug-likeness (QED) is 0.554. The zero-order chi connectivity index (χ0) is 21.9. The average molecular weight is 487 g/mol. The summed E-state index contributed by atoms with van der Waals surface area (Å²) in [5, 5.41) is 0. The fourth-order valence-electron chi connectivity index (χ4n) is 7.19. The highest BCUT2D eigenvalue weighted by Gasteiger charge is 2.58. The van der Waals surface area contributed by atoms with Crippen molar-refractivity contribution in [3.05, 3.63) is 28.7 Å². The van der Waals surface area contributed by atoms with Gasteiger partial charge in [-0.2, -0.15) is 0 Å². The van der Waals surface area contributed by atoms with E-state index in [9.17, 15) is 14.4 Å². The number of carbonyl (C=O) groups is 3. The third-order valence-corrected chi connectivity index (χ3v) is 8.86. The Labute approximate surface area is 192 Å². The molecule has 5 fully saturated rings. The molecule has 3 amide bonds. The van der Waals surface area contributed by atoms with Gasteiger partial charge in [0, 0.05) is 10.5 Å². The average Bonchev–Trinajstić information content (AvgIpc) is 3.01. The third-order valence-electron chi connectivity index (χ3n) is 8.34. The summed E-state index contributed by atoms with van der Waals surface area (Å²) >= 11 is 3.40. The molecule has 1 heterocycles. The van der Waals surface area contributed by atoms with E-state index in [1.54, 1.807) is 12.1 Å². The molecule has 4 aliphatic carbocycles. The smallest absolute Gasteiger partial charge is 0.257 e. The highest BCUT2D eigenvalue weighted by atomic mass is 79.9. The molecule has 0 spiro atoms. The molecule has 2 unspecified atom stereocenters. The number of rotatable bonds is 5. The molecule has 0 N–H and O–H groups in total. The van der Waals surface area contributed by atoms with Crippen LogP contribution in [0.2, 0.25) is 0 Å². The minimum atomic E-state index is -0.688. The number of halogens is 1. The van der Waals surface area contributed by atoms with Gasteiger partial charge in [0.05, 0.1) is 17.5 Å². The van der Waals surface area contributed by atoms with E-state index in [1.807, 2.05) is 24.0 Å². The van der Waals surface area contributed by atoms with Crippen LogP contribution in [0.5, 0.6) is 0 Å². The van der Waals surface area contributed by atoms with Gasteiger partial charge in [-0.15, -0.1) is 0 Å². The van der Waals surface area contributed by atoms with E-state index in [2.05, 4.69) is 22.9 Å². The number of nitrogens with zero attached hydrogens (tertiary/aromatic N) is 2. The van der Waals surface area contributed by atoms with Crippen LogP contribution in [-0.4, -0.2) is 34.7 Å². The molecule has 5 nitrogen and oxygen atoms in total. The van der Waals surface area contributed by atoms with E-state index in [4.69, 9.17) is 0 Å². The largest absolute Gasteiger partial charge is 0.327 e. The van der Waals surface area contributed by atoms with Crippen LogP contribution in [0.15, 0.2) is 28.7 Å². The zero-order valence-corrected chi connectivity index (χ0v) is 19.9. The number of carbonyl (C=O) groups excluding carboxylic acids is 3. The monoisotopic (exact) mass is 486 g/mol. The van der Waals surface area contributed by atoms with Gasteiger partial charge in [0.1, 0.15) is 6.04 Å². The van der Waals surface area contributed by atoms with Gasteiger partial charge in [0.2, 0.25) is 11.8 Å². The third kappa shape index (κ3) is 3.46. The molecule has 6 heteroatoms. The normalized spacial score (nSPS) is 35.0. The Balaban J connectivity index is 1.45. The van der Waals surface area contributed by atoms with Gasteiger partial charge in [-0.05, 0) is 93.9 Å². The van der Waals surface area contributed by atoms with Crippen molar-refractivity contribution in [3.63, 3.8) is 0 Å². The molecule has 0 radical (unpaired) electrons. The minimum Gasteiger partial charge on any atom is -0.327 e. The Morgan fingerprint density at radius 1 is 1.10 bits per heavy atom. The fourth-order valence-corrected chi connectivity index (χ4v) is 7.45. The van der Waals surface area contributed by atoms with Crippen molar-refractivity contribution >= 4 is 39.3 Å². The molecule has 1 aromatic rings. The van der Waals surface area contributed by atoms with Crippen molar-refractivity contribution in [3.8, 4) is 0 Å². The predicted molar refractivity (Wildman–Crippen MR) is 122 cm³/mol. The number of hydrogen-bond donors (Lipinski definition) is 0. The Morgan fingerprint density at radius 2 is 1.65 bits per heavy atom. The number of anilines is 1. The molecule has 1 aliphatic heterocycles. The van der Waals surface area contributed by atoms with Gasteiger partial charge < -0.3 is 4.90 Å². The number of amides is 3. The lowest BCUT2D eigenvalue weighted by Crippen LogP contribution is -2.59. The number of benzene rings is 1. The molecule has 1 aromatic carbocycles. The second-order valence-corrected chi connectivity index (χ2v) is 11.3. The van der Waals surface area contributed by atoms with Gasteiger partial charge in [0.25, 0.3) is 5.91 Å². The van der Waals surface area contributed by atoms with Crippen molar-refractivity contribution in [2.24, 2.45) is 23.2 Å². The van der Waals surface area contributed by atoms with Crippen molar-refractivity contribution in [2.75, 3.05) is 4.90 Å². The maximum atomic E-state index is 14.2. The SMILES string of the molecule is CCC(C)N(C(=O)C12CC3CC(CC(C3)C1)C2)C1CC(=O)N(c2ccc(Br)cc2)C1=O. The molecule has 6 rings (SSSR count). The summed E-state index contributed by atoms with van der Waals surface area (Å²) in [5.74, 6) is 1.65. The second-order valence-electron chi connectivity index (χ2n) is 10.4. The van der Waals surface area contributed by atoms with Gasteiger partial charge in [0.15, 0.2) is 0 Å². The van der Waals surface area contributed by atoms with Crippen molar-refractivity contribution in [1.82, 2.24) is 4.90 Å². The van der Waals surface area contributed by atoms with Crippen LogP contribution in [0.1, 0.15) is 65.2 Å². The summed E-state index contributed by atoms with van der Waals surface area (Å²) < 4.78 is 0.894. The molecule has 4 saturated carbocycles. The summed E-state index contributed by atoms with van der Waals surface area (Å²) in [5.41, 5.74) is 0.263. The van der Waals surface area contributed by atoms with Gasteiger partial charge in [-0.3, -0.25) is 14.4 Å². The van der Waals surface area contributed by atoms with Crippen LogP contribution in [0, 0.1) is 23.2 Å². The van der Waals surface area contributed by atoms with Crippen LogP contribution in [0.3, 0.4) is 0 Å². The van der Waals surface area contributed by atoms with Crippen LogP contribution in [0.25, 0.3) is 0 Å². The molecular weight excluding hydrogens is 456 g/mol. The first-order chi connectivity index (χ1) is 14.8. The molecule has 166 valence electrons. The Morgan fingerprint density at radius 3 is 2.16 bits per heavy atom. The number of hydrogen-bond acceptors (Lipinski definition) is 3. The van der Waals surface area contributed by atoms with Crippen molar-refractivity contribution < 1.29 is 14.4 Å². The van der Waals surface area contributed by atoms with Crippen molar-refractivity contribution in [1.29, 1.82) is 0 Å². The molecule has 0 aromatic heterocycles. The lowest BCUT2D eigenvalue weighted by molar-refractivity contribution is -0.164. The van der Waals surface area contributed by atoms with Gasteiger partial charge in [-0.25, -0.2) is 4.90 Å². The molecule has 2 atom stereocenters. The molecule has 1 saturated heterocycles.